The molecular weight excluding hydrogens is 256 g/mol. The number of hydrogen-bond donors (Lipinski definition) is 1. The molecule has 0 spiro atoms. The first kappa shape index (κ1) is 14.3. The summed E-state index contributed by atoms with van der Waals surface area (Å²) in [4.78, 5) is 16.8. The molecule has 0 saturated heterocycles. The van der Waals surface area contributed by atoms with Gasteiger partial charge in [0.15, 0.2) is 5.76 Å². The number of aryl methyl sites for hydroxylation is 1. The molecule has 1 heterocycles. The van der Waals surface area contributed by atoms with E-state index in [1.807, 2.05) is 31.2 Å². The summed E-state index contributed by atoms with van der Waals surface area (Å²) in [5.41, 5.74) is 2.15. The number of hydrogen-bond acceptors (Lipinski definition) is 4. The van der Waals surface area contributed by atoms with Crippen molar-refractivity contribution in [2.45, 2.75) is 26.4 Å². The van der Waals surface area contributed by atoms with Gasteiger partial charge in [-0.2, -0.15) is 0 Å². The zero-order valence-electron chi connectivity index (χ0n) is 11.8. The summed E-state index contributed by atoms with van der Waals surface area (Å²) in [6.07, 6.45) is 1.67. The average molecular weight is 274 g/mol. The first-order valence-electron chi connectivity index (χ1n) is 6.42. The lowest BCUT2D eigenvalue weighted by molar-refractivity contribution is -0.142. The van der Waals surface area contributed by atoms with Crippen LogP contribution >= 0.6 is 0 Å². The highest BCUT2D eigenvalue weighted by molar-refractivity contribution is 5.72. The summed E-state index contributed by atoms with van der Waals surface area (Å²) in [5.74, 6) is 0.338. The summed E-state index contributed by atoms with van der Waals surface area (Å²) >= 11 is 0. The molecule has 5 nitrogen and oxygen atoms in total. The normalized spacial score (nSPS) is 12.6. The van der Waals surface area contributed by atoms with E-state index >= 15 is 0 Å². The molecule has 1 N–H and O–H groups in total. The second-order valence-electron chi connectivity index (χ2n) is 4.91. The van der Waals surface area contributed by atoms with Gasteiger partial charge in [0.05, 0.1) is 12.7 Å². The molecule has 1 unspecified atom stereocenters. The van der Waals surface area contributed by atoms with E-state index in [1.54, 1.807) is 25.1 Å². The second-order valence-corrected chi connectivity index (χ2v) is 4.91. The number of oxazole rings is 1. The van der Waals surface area contributed by atoms with Gasteiger partial charge in [0, 0.05) is 5.56 Å². The fraction of sp³-hybridized carbons (Fsp3) is 0.333. The molecule has 2 aromatic rings. The maximum absolute atomic E-state index is 10.9. The van der Waals surface area contributed by atoms with Gasteiger partial charge in [-0.3, -0.25) is 9.69 Å². The van der Waals surface area contributed by atoms with Gasteiger partial charge in [-0.15, -0.1) is 0 Å². The first-order chi connectivity index (χ1) is 9.47. The van der Waals surface area contributed by atoms with E-state index in [-0.39, 0.29) is 0 Å². The van der Waals surface area contributed by atoms with Gasteiger partial charge >= 0.3 is 5.97 Å². The molecule has 0 bridgehead atoms. The Kier molecular flexibility index (Phi) is 4.20. The van der Waals surface area contributed by atoms with Crippen LogP contribution in [0.15, 0.2) is 34.9 Å². The minimum Gasteiger partial charge on any atom is -0.480 e. The van der Waals surface area contributed by atoms with Crippen molar-refractivity contribution in [1.29, 1.82) is 0 Å². The lowest BCUT2D eigenvalue weighted by Crippen LogP contribution is -2.35. The minimum absolute atomic E-state index is 0.360. The largest absolute Gasteiger partial charge is 0.480 e. The highest BCUT2D eigenvalue weighted by Gasteiger charge is 2.18. The molecule has 1 aromatic heterocycles. The fourth-order valence-electron chi connectivity index (χ4n) is 1.77. The van der Waals surface area contributed by atoms with E-state index in [0.29, 0.717) is 18.2 Å². The predicted octanol–water partition coefficient (Wildman–Crippen LogP) is 2.55. The molecule has 1 atom stereocenters. The van der Waals surface area contributed by atoms with Crippen LogP contribution in [0.2, 0.25) is 0 Å². The van der Waals surface area contributed by atoms with E-state index in [9.17, 15) is 4.79 Å². The molecule has 0 aliphatic carbocycles. The van der Waals surface area contributed by atoms with Crippen LogP contribution in [0.5, 0.6) is 0 Å². The number of carbonyl (C=O) groups is 1. The summed E-state index contributed by atoms with van der Waals surface area (Å²) < 4.78 is 5.66. The van der Waals surface area contributed by atoms with E-state index < -0.39 is 12.0 Å². The summed E-state index contributed by atoms with van der Waals surface area (Å²) in [5, 5.41) is 8.95. The van der Waals surface area contributed by atoms with Crippen LogP contribution in [0.4, 0.5) is 0 Å². The number of carboxylic acids is 1. The second kappa shape index (κ2) is 5.88. The maximum Gasteiger partial charge on any atom is 0.320 e. The Morgan fingerprint density at radius 3 is 2.65 bits per heavy atom. The van der Waals surface area contributed by atoms with Crippen molar-refractivity contribution < 1.29 is 14.3 Å². The third kappa shape index (κ3) is 3.24. The van der Waals surface area contributed by atoms with Crippen LogP contribution in [0.25, 0.3) is 11.3 Å². The monoisotopic (exact) mass is 274 g/mol. The molecule has 20 heavy (non-hydrogen) atoms. The third-order valence-corrected chi connectivity index (χ3v) is 3.29. The van der Waals surface area contributed by atoms with Crippen molar-refractivity contribution >= 4 is 5.97 Å². The van der Waals surface area contributed by atoms with Crippen LogP contribution in [0.1, 0.15) is 18.4 Å². The molecule has 2 rings (SSSR count). The molecule has 0 radical (unpaired) electrons. The standard InChI is InChI=1S/C15H18N2O3/c1-10-4-6-12(7-5-10)13-8-16-14(20-13)9-17(3)11(2)15(18)19/h4-8,11H,9H2,1-3H3,(H,18,19). The van der Waals surface area contributed by atoms with Crippen molar-refractivity contribution in [2.75, 3.05) is 7.05 Å². The quantitative estimate of drug-likeness (QED) is 0.907. The number of carboxylic acid groups (broad SMARTS) is 1. The zero-order valence-corrected chi connectivity index (χ0v) is 11.8. The molecule has 5 heteroatoms. The van der Waals surface area contributed by atoms with Crippen LogP contribution in [0, 0.1) is 6.92 Å². The van der Waals surface area contributed by atoms with Crippen molar-refractivity contribution in [2.24, 2.45) is 0 Å². The van der Waals surface area contributed by atoms with Crippen molar-refractivity contribution in [3.63, 3.8) is 0 Å². The zero-order chi connectivity index (χ0) is 14.7. The predicted molar refractivity (Wildman–Crippen MR) is 75.2 cm³/mol. The molecule has 0 amide bonds. The van der Waals surface area contributed by atoms with E-state index in [1.165, 1.54) is 5.56 Å². The highest BCUT2D eigenvalue weighted by atomic mass is 16.4. The number of likely N-dealkylation sites (N-methyl/N-ethyl adjacent to an activating group) is 1. The van der Waals surface area contributed by atoms with Gasteiger partial charge in [0.1, 0.15) is 6.04 Å². The molecule has 0 saturated carbocycles. The average Bonchev–Trinajstić information content (AvgIpc) is 2.87. The van der Waals surface area contributed by atoms with Crippen molar-refractivity contribution in [3.8, 4) is 11.3 Å². The Labute approximate surface area is 117 Å². The summed E-state index contributed by atoms with van der Waals surface area (Å²) in [6, 6.07) is 7.39. The molecule has 106 valence electrons. The Hall–Kier alpha value is -2.14. The van der Waals surface area contributed by atoms with E-state index in [4.69, 9.17) is 9.52 Å². The smallest absolute Gasteiger partial charge is 0.320 e. The highest BCUT2D eigenvalue weighted by Crippen LogP contribution is 2.21. The molecule has 0 aliphatic rings. The third-order valence-electron chi connectivity index (χ3n) is 3.29. The van der Waals surface area contributed by atoms with Gasteiger partial charge in [-0.05, 0) is 20.9 Å². The van der Waals surface area contributed by atoms with Gasteiger partial charge in [-0.25, -0.2) is 4.98 Å². The number of benzene rings is 1. The lowest BCUT2D eigenvalue weighted by atomic mass is 10.1. The summed E-state index contributed by atoms with van der Waals surface area (Å²) in [6.45, 7) is 4.02. The number of aliphatic carboxylic acids is 1. The number of rotatable bonds is 5. The summed E-state index contributed by atoms with van der Waals surface area (Å²) in [7, 11) is 1.73. The van der Waals surface area contributed by atoms with Gasteiger partial charge in [-0.1, -0.05) is 29.8 Å². The number of aromatic nitrogens is 1. The lowest BCUT2D eigenvalue weighted by Gasteiger charge is -2.18. The SMILES string of the molecule is Cc1ccc(-c2cnc(CN(C)C(C)C(=O)O)o2)cc1. The molecule has 0 aliphatic heterocycles. The van der Waals surface area contributed by atoms with Crippen molar-refractivity contribution in [3.05, 3.63) is 41.9 Å². The van der Waals surface area contributed by atoms with Crippen LogP contribution in [0.3, 0.4) is 0 Å². The topological polar surface area (TPSA) is 66.6 Å². The Morgan fingerprint density at radius 1 is 1.40 bits per heavy atom. The Morgan fingerprint density at radius 2 is 2.05 bits per heavy atom. The Bertz CT molecular complexity index is 589. The van der Waals surface area contributed by atoms with Gasteiger partial charge in [0.2, 0.25) is 5.89 Å². The van der Waals surface area contributed by atoms with Gasteiger partial charge < -0.3 is 9.52 Å². The van der Waals surface area contributed by atoms with Crippen LogP contribution in [-0.2, 0) is 11.3 Å². The minimum atomic E-state index is -0.863. The van der Waals surface area contributed by atoms with Gasteiger partial charge in [0.25, 0.3) is 0 Å². The first-order valence-corrected chi connectivity index (χ1v) is 6.42. The van der Waals surface area contributed by atoms with Crippen molar-refractivity contribution in [1.82, 2.24) is 9.88 Å². The molecular formula is C15H18N2O3. The number of nitrogens with zero attached hydrogens (tertiary/aromatic N) is 2. The Balaban J connectivity index is 2.09. The molecule has 1 aromatic carbocycles. The maximum atomic E-state index is 10.9. The van der Waals surface area contributed by atoms with E-state index in [0.717, 1.165) is 5.56 Å². The molecule has 0 fully saturated rings. The van der Waals surface area contributed by atoms with Crippen LogP contribution < -0.4 is 0 Å². The fourth-order valence-corrected chi connectivity index (χ4v) is 1.77. The van der Waals surface area contributed by atoms with E-state index in [2.05, 4.69) is 4.98 Å². The van der Waals surface area contributed by atoms with Crippen LogP contribution in [-0.4, -0.2) is 34.0 Å².